The zero-order valence-electron chi connectivity index (χ0n) is 17.8. The Labute approximate surface area is 180 Å². The fourth-order valence-corrected chi connectivity index (χ4v) is 3.60. The molecule has 0 aliphatic carbocycles. The van der Waals surface area contributed by atoms with E-state index < -0.39 is 5.82 Å². The molecule has 0 radical (unpaired) electrons. The second kappa shape index (κ2) is 8.59. The van der Waals surface area contributed by atoms with Crippen molar-refractivity contribution < 1.29 is 9.50 Å². The van der Waals surface area contributed by atoms with Crippen LogP contribution in [0.15, 0.2) is 48.9 Å². The van der Waals surface area contributed by atoms with Crippen LogP contribution >= 0.6 is 0 Å². The Balaban J connectivity index is 1.68. The molecule has 0 aliphatic heterocycles. The van der Waals surface area contributed by atoms with Crippen molar-refractivity contribution in [3.05, 3.63) is 65.9 Å². The van der Waals surface area contributed by atoms with Gasteiger partial charge in [-0.05, 0) is 42.2 Å². The number of anilines is 2. The largest absolute Gasteiger partial charge is 0.508 e. The number of aromatic hydroxyl groups is 1. The molecule has 0 aliphatic rings. The van der Waals surface area contributed by atoms with Gasteiger partial charge in [0.2, 0.25) is 0 Å². The fourth-order valence-electron chi connectivity index (χ4n) is 3.60. The van der Waals surface area contributed by atoms with Gasteiger partial charge in [0.05, 0.1) is 18.1 Å². The highest BCUT2D eigenvalue weighted by Gasteiger charge is 2.14. The van der Waals surface area contributed by atoms with E-state index in [1.165, 1.54) is 17.8 Å². The van der Waals surface area contributed by atoms with E-state index in [9.17, 15) is 9.50 Å². The van der Waals surface area contributed by atoms with Crippen molar-refractivity contribution in [2.45, 2.75) is 19.8 Å². The summed E-state index contributed by atoms with van der Waals surface area (Å²) >= 11 is 0. The summed E-state index contributed by atoms with van der Waals surface area (Å²) in [5.74, 6) is 0.633. The highest BCUT2D eigenvalue weighted by Crippen LogP contribution is 2.27. The Morgan fingerprint density at radius 2 is 1.94 bits per heavy atom. The van der Waals surface area contributed by atoms with Gasteiger partial charge >= 0.3 is 0 Å². The molecule has 0 saturated heterocycles. The number of rotatable bonds is 7. The van der Waals surface area contributed by atoms with Gasteiger partial charge < -0.3 is 15.3 Å². The van der Waals surface area contributed by atoms with E-state index in [4.69, 9.17) is 4.98 Å². The van der Waals surface area contributed by atoms with Gasteiger partial charge in [-0.2, -0.15) is 9.61 Å². The highest BCUT2D eigenvalue weighted by atomic mass is 19.1. The van der Waals surface area contributed by atoms with Gasteiger partial charge in [0.15, 0.2) is 5.65 Å². The Morgan fingerprint density at radius 1 is 1.10 bits per heavy atom. The second-order valence-corrected chi connectivity index (χ2v) is 7.56. The topological polar surface area (TPSA) is 78.6 Å². The van der Waals surface area contributed by atoms with Gasteiger partial charge in [0, 0.05) is 38.5 Å². The number of aryl methyl sites for hydroxylation is 1. The van der Waals surface area contributed by atoms with Crippen LogP contribution in [0.5, 0.6) is 5.75 Å². The lowest BCUT2D eigenvalue weighted by atomic mass is 10.0. The van der Waals surface area contributed by atoms with Crippen molar-refractivity contribution in [1.82, 2.24) is 19.6 Å². The summed E-state index contributed by atoms with van der Waals surface area (Å²) in [5.41, 5.74) is 5.06. The lowest BCUT2D eigenvalue weighted by molar-refractivity contribution is 0.474. The molecule has 0 saturated carbocycles. The maximum Gasteiger partial charge on any atom is 0.181 e. The number of nitrogens with one attached hydrogen (secondary N) is 1. The lowest BCUT2D eigenvalue weighted by Crippen LogP contribution is -2.12. The molecule has 0 fully saturated rings. The molecule has 160 valence electrons. The molecule has 0 bridgehead atoms. The van der Waals surface area contributed by atoms with Crippen molar-refractivity contribution in [2.24, 2.45) is 0 Å². The summed E-state index contributed by atoms with van der Waals surface area (Å²) in [6.45, 7) is 2.73. The quantitative estimate of drug-likeness (QED) is 0.472. The summed E-state index contributed by atoms with van der Waals surface area (Å²) in [7, 11) is 3.86. The maximum absolute atomic E-state index is 13.8. The van der Waals surface area contributed by atoms with Gasteiger partial charge in [-0.1, -0.05) is 13.0 Å². The molecular formula is C23H25FN6O. The van der Waals surface area contributed by atoms with Crippen LogP contribution in [0.2, 0.25) is 0 Å². The number of halogens is 1. The summed E-state index contributed by atoms with van der Waals surface area (Å²) < 4.78 is 15.5. The molecule has 0 spiro atoms. The number of hydrogen-bond acceptors (Lipinski definition) is 6. The number of phenolic OH excluding ortho intramolecular Hbond substituents is 1. The van der Waals surface area contributed by atoms with Crippen LogP contribution in [-0.4, -0.2) is 45.3 Å². The van der Waals surface area contributed by atoms with E-state index in [0.29, 0.717) is 23.4 Å². The molecule has 4 rings (SSSR count). The zero-order chi connectivity index (χ0) is 22.0. The average Bonchev–Trinajstić information content (AvgIpc) is 3.19. The molecule has 1 aromatic carbocycles. The minimum atomic E-state index is -0.408. The van der Waals surface area contributed by atoms with E-state index >= 15 is 0 Å². The minimum absolute atomic E-state index is 0.283. The average molecular weight is 420 g/mol. The first-order valence-corrected chi connectivity index (χ1v) is 10.2. The van der Waals surface area contributed by atoms with Crippen LogP contribution in [-0.2, 0) is 12.8 Å². The molecule has 0 amide bonds. The predicted molar refractivity (Wildman–Crippen MR) is 120 cm³/mol. The van der Waals surface area contributed by atoms with Crippen molar-refractivity contribution in [3.63, 3.8) is 0 Å². The molecule has 31 heavy (non-hydrogen) atoms. The number of phenols is 1. The molecule has 8 heteroatoms. The number of benzene rings is 1. The third-order valence-corrected chi connectivity index (χ3v) is 5.21. The third-order valence-electron chi connectivity index (χ3n) is 5.21. The summed E-state index contributed by atoms with van der Waals surface area (Å²) in [6, 6.07) is 8.76. The van der Waals surface area contributed by atoms with Gasteiger partial charge in [0.25, 0.3) is 0 Å². The standard InChI is InChI=1S/C23H25FN6O/c1-4-15-10-19(31)6-5-16(15)7-8-26-22-11-20(17-9-18(24)13-25-12-17)28-23-21(29(2)3)14-27-30(22)23/h5-6,9-14,26,31H,4,7-8H2,1-3H3. The Kier molecular flexibility index (Phi) is 5.70. The first-order chi connectivity index (χ1) is 15.0. The Hall–Kier alpha value is -3.68. The second-order valence-electron chi connectivity index (χ2n) is 7.56. The first-order valence-electron chi connectivity index (χ1n) is 10.2. The molecule has 0 atom stereocenters. The molecule has 4 aromatic rings. The monoisotopic (exact) mass is 420 g/mol. The summed E-state index contributed by atoms with van der Waals surface area (Å²) in [5, 5.41) is 17.7. The van der Waals surface area contributed by atoms with E-state index in [1.54, 1.807) is 23.0 Å². The van der Waals surface area contributed by atoms with E-state index in [-0.39, 0.29) is 5.75 Å². The molecular weight excluding hydrogens is 395 g/mol. The molecule has 3 aromatic heterocycles. The number of hydrogen-bond donors (Lipinski definition) is 2. The van der Waals surface area contributed by atoms with Gasteiger partial charge in [-0.25, -0.2) is 9.37 Å². The van der Waals surface area contributed by atoms with E-state index in [1.807, 2.05) is 37.2 Å². The van der Waals surface area contributed by atoms with Crippen LogP contribution in [0.3, 0.4) is 0 Å². The van der Waals surface area contributed by atoms with Gasteiger partial charge in [-0.15, -0.1) is 0 Å². The smallest absolute Gasteiger partial charge is 0.181 e. The van der Waals surface area contributed by atoms with Crippen molar-refractivity contribution in [2.75, 3.05) is 30.9 Å². The lowest BCUT2D eigenvalue weighted by Gasteiger charge is -2.14. The number of pyridine rings is 1. The highest BCUT2D eigenvalue weighted by molar-refractivity contribution is 5.74. The molecule has 0 unspecified atom stereocenters. The predicted octanol–water partition coefficient (Wildman–Crippen LogP) is 3.92. The normalized spacial score (nSPS) is 11.1. The van der Waals surface area contributed by atoms with Crippen LogP contribution in [0.4, 0.5) is 15.9 Å². The van der Waals surface area contributed by atoms with Crippen molar-refractivity contribution >= 4 is 17.2 Å². The molecule has 3 heterocycles. The van der Waals surface area contributed by atoms with Crippen molar-refractivity contribution in [1.29, 1.82) is 0 Å². The SMILES string of the molecule is CCc1cc(O)ccc1CCNc1cc(-c2cncc(F)c2)nc2c(N(C)C)cnn12. The molecule has 2 N–H and O–H groups in total. The van der Waals surface area contributed by atoms with Crippen LogP contribution in [0, 0.1) is 5.82 Å². The number of aromatic nitrogens is 4. The maximum atomic E-state index is 13.8. The van der Waals surface area contributed by atoms with Gasteiger partial charge in [-0.3, -0.25) is 4.98 Å². The number of fused-ring (bicyclic) bond motifs is 1. The Morgan fingerprint density at radius 3 is 2.68 bits per heavy atom. The number of nitrogens with zero attached hydrogens (tertiary/aromatic N) is 5. The van der Waals surface area contributed by atoms with Crippen LogP contribution < -0.4 is 10.2 Å². The third kappa shape index (κ3) is 4.28. The van der Waals surface area contributed by atoms with E-state index in [0.717, 1.165) is 29.9 Å². The first kappa shape index (κ1) is 20.6. The fraction of sp³-hybridized carbons (Fsp3) is 0.261. The molecule has 7 nitrogen and oxygen atoms in total. The van der Waals surface area contributed by atoms with Crippen molar-refractivity contribution in [3.8, 4) is 17.0 Å². The summed E-state index contributed by atoms with van der Waals surface area (Å²) in [4.78, 5) is 10.6. The summed E-state index contributed by atoms with van der Waals surface area (Å²) in [6.07, 6.45) is 6.17. The van der Waals surface area contributed by atoms with Gasteiger partial charge in [0.1, 0.15) is 23.1 Å². The van der Waals surface area contributed by atoms with Crippen LogP contribution in [0.1, 0.15) is 18.1 Å². The Bertz CT molecular complexity index is 1220. The zero-order valence-corrected chi connectivity index (χ0v) is 17.8. The minimum Gasteiger partial charge on any atom is -0.508 e. The van der Waals surface area contributed by atoms with Crippen LogP contribution in [0.25, 0.3) is 16.9 Å². The van der Waals surface area contributed by atoms with E-state index in [2.05, 4.69) is 22.3 Å².